The smallest absolute Gasteiger partial charge is 0.238 e. The number of hydrogen-bond donors (Lipinski definition) is 1. The van der Waals surface area contributed by atoms with E-state index in [2.05, 4.69) is 39.6 Å². The molecule has 0 saturated carbocycles. The topological polar surface area (TPSA) is 96.2 Å². The van der Waals surface area contributed by atoms with Gasteiger partial charge in [-0.2, -0.15) is 0 Å². The molecule has 0 radical (unpaired) electrons. The summed E-state index contributed by atoms with van der Waals surface area (Å²) < 4.78 is 1.74. The Bertz CT molecular complexity index is 845. The van der Waals surface area contributed by atoms with Gasteiger partial charge in [-0.1, -0.05) is 43.3 Å². The number of aryl methyl sites for hydroxylation is 1. The number of rotatable bonds is 8. The molecule has 2 amide bonds. The molecule has 1 aromatic heterocycles. The van der Waals surface area contributed by atoms with Gasteiger partial charge in [-0.3, -0.25) is 14.5 Å². The molecule has 1 N–H and O–H groups in total. The van der Waals surface area contributed by atoms with Crippen molar-refractivity contribution in [3.05, 3.63) is 29.8 Å². The number of amides is 2. The van der Waals surface area contributed by atoms with Gasteiger partial charge in [-0.15, -0.1) is 5.10 Å². The van der Waals surface area contributed by atoms with Gasteiger partial charge in [0.05, 0.1) is 12.3 Å². The zero-order valence-electron chi connectivity index (χ0n) is 17.7. The number of hydrogen-bond acceptors (Lipinski definition) is 7. The van der Waals surface area contributed by atoms with Gasteiger partial charge in [-0.05, 0) is 35.4 Å². The van der Waals surface area contributed by atoms with Crippen LogP contribution in [0.4, 0.5) is 5.69 Å². The lowest BCUT2D eigenvalue weighted by Crippen LogP contribution is -2.50. The summed E-state index contributed by atoms with van der Waals surface area (Å²) in [6.45, 7) is 9.87. The van der Waals surface area contributed by atoms with E-state index in [0.29, 0.717) is 49.6 Å². The molecule has 0 unspecified atom stereocenters. The van der Waals surface area contributed by atoms with E-state index < -0.39 is 0 Å². The highest BCUT2D eigenvalue weighted by Crippen LogP contribution is 2.16. The molecule has 3 rings (SSSR count). The predicted octanol–water partition coefficient (Wildman–Crippen LogP) is 1.51. The Morgan fingerprint density at radius 2 is 1.83 bits per heavy atom. The van der Waals surface area contributed by atoms with Crippen molar-refractivity contribution in [2.24, 2.45) is 5.92 Å². The molecule has 1 aromatic carbocycles. The second-order valence-electron chi connectivity index (χ2n) is 7.90. The Hall–Kier alpha value is -2.46. The maximum absolute atomic E-state index is 12.6. The standard InChI is InChI=1S/C20H29N7O2S/c1-15(2)12-27-20(22-23-24-27)30-14-19(29)26-10-8-25(9-11-26)13-18(28)21-17-6-4-16(3)5-7-17/h4-7,15H,8-14H2,1-3H3,(H,21,28). The summed E-state index contributed by atoms with van der Waals surface area (Å²) in [5.74, 6) is 0.778. The molecule has 0 aliphatic carbocycles. The third-order valence-corrected chi connectivity index (χ3v) is 5.73. The first-order valence-corrected chi connectivity index (χ1v) is 11.1. The van der Waals surface area contributed by atoms with Crippen molar-refractivity contribution in [1.82, 2.24) is 30.0 Å². The number of benzene rings is 1. The molecule has 0 bridgehead atoms. The van der Waals surface area contributed by atoms with Crippen molar-refractivity contribution < 1.29 is 9.59 Å². The molecule has 0 atom stereocenters. The number of nitrogens with one attached hydrogen (secondary N) is 1. The van der Waals surface area contributed by atoms with Crippen LogP contribution in [-0.4, -0.2) is 80.3 Å². The fourth-order valence-corrected chi connectivity index (χ4v) is 3.96. The van der Waals surface area contributed by atoms with E-state index >= 15 is 0 Å². The van der Waals surface area contributed by atoms with E-state index in [-0.39, 0.29) is 11.8 Å². The number of carbonyl (C=O) groups is 2. The number of nitrogens with zero attached hydrogens (tertiary/aromatic N) is 6. The monoisotopic (exact) mass is 431 g/mol. The van der Waals surface area contributed by atoms with Gasteiger partial charge >= 0.3 is 0 Å². The number of aromatic nitrogens is 4. The summed E-state index contributed by atoms with van der Waals surface area (Å²) in [6, 6.07) is 7.75. The molecule has 1 aliphatic rings. The van der Waals surface area contributed by atoms with Crippen LogP contribution < -0.4 is 5.32 Å². The van der Waals surface area contributed by atoms with Crippen molar-refractivity contribution in [1.29, 1.82) is 0 Å². The average Bonchev–Trinajstić information content (AvgIpc) is 3.14. The number of carbonyl (C=O) groups excluding carboxylic acids is 2. The summed E-state index contributed by atoms with van der Waals surface area (Å²) in [7, 11) is 0. The molecule has 2 aromatic rings. The fourth-order valence-electron chi connectivity index (χ4n) is 3.17. The van der Waals surface area contributed by atoms with E-state index in [1.165, 1.54) is 11.8 Å². The first-order valence-electron chi connectivity index (χ1n) is 10.2. The molecule has 30 heavy (non-hydrogen) atoms. The van der Waals surface area contributed by atoms with Gasteiger partial charge in [0, 0.05) is 38.4 Å². The van der Waals surface area contributed by atoms with Crippen LogP contribution in [0.2, 0.25) is 0 Å². The normalized spacial score (nSPS) is 14.9. The summed E-state index contributed by atoms with van der Waals surface area (Å²) >= 11 is 1.37. The Kier molecular flexibility index (Phi) is 7.81. The molecule has 1 saturated heterocycles. The second-order valence-corrected chi connectivity index (χ2v) is 8.84. The van der Waals surface area contributed by atoms with Crippen molar-refractivity contribution in [2.45, 2.75) is 32.5 Å². The zero-order valence-corrected chi connectivity index (χ0v) is 18.6. The van der Waals surface area contributed by atoms with Crippen LogP contribution in [0.15, 0.2) is 29.4 Å². The van der Waals surface area contributed by atoms with Crippen LogP contribution in [-0.2, 0) is 16.1 Å². The summed E-state index contributed by atoms with van der Waals surface area (Å²) in [5.41, 5.74) is 1.96. The van der Waals surface area contributed by atoms with Crippen molar-refractivity contribution >= 4 is 29.3 Å². The Morgan fingerprint density at radius 1 is 1.13 bits per heavy atom. The molecule has 1 fully saturated rings. The molecular weight excluding hydrogens is 402 g/mol. The minimum Gasteiger partial charge on any atom is -0.339 e. The third-order valence-electron chi connectivity index (χ3n) is 4.79. The van der Waals surface area contributed by atoms with E-state index in [1.54, 1.807) is 4.68 Å². The summed E-state index contributed by atoms with van der Waals surface area (Å²) in [4.78, 5) is 28.7. The number of tetrazole rings is 1. The maximum Gasteiger partial charge on any atom is 0.238 e. The highest BCUT2D eigenvalue weighted by Gasteiger charge is 2.23. The quantitative estimate of drug-likeness (QED) is 0.633. The lowest BCUT2D eigenvalue weighted by atomic mass is 10.2. The Balaban J connectivity index is 1.39. The SMILES string of the molecule is Cc1ccc(NC(=O)CN2CCN(C(=O)CSc3nnnn3CC(C)C)CC2)cc1. The van der Waals surface area contributed by atoms with Crippen molar-refractivity contribution in [3.63, 3.8) is 0 Å². The zero-order chi connectivity index (χ0) is 21.5. The van der Waals surface area contributed by atoms with Crippen molar-refractivity contribution in [3.8, 4) is 0 Å². The van der Waals surface area contributed by atoms with Crippen LogP contribution in [0.25, 0.3) is 0 Å². The largest absolute Gasteiger partial charge is 0.339 e. The van der Waals surface area contributed by atoms with Crippen LogP contribution in [0, 0.1) is 12.8 Å². The number of piperazine rings is 1. The van der Waals surface area contributed by atoms with Gasteiger partial charge < -0.3 is 10.2 Å². The van der Waals surface area contributed by atoms with Gasteiger partial charge in [0.2, 0.25) is 17.0 Å². The van der Waals surface area contributed by atoms with Gasteiger partial charge in [0.25, 0.3) is 0 Å². The molecule has 1 aliphatic heterocycles. The number of anilines is 1. The molecule has 162 valence electrons. The molecule has 2 heterocycles. The van der Waals surface area contributed by atoms with Gasteiger partial charge in [-0.25, -0.2) is 4.68 Å². The molecular formula is C20H29N7O2S. The first-order chi connectivity index (χ1) is 14.4. The number of thioether (sulfide) groups is 1. The Labute approximate surface area is 181 Å². The van der Waals surface area contributed by atoms with Gasteiger partial charge in [0.15, 0.2) is 0 Å². The van der Waals surface area contributed by atoms with E-state index in [1.807, 2.05) is 36.1 Å². The summed E-state index contributed by atoms with van der Waals surface area (Å²) in [6.07, 6.45) is 0. The van der Waals surface area contributed by atoms with Crippen LogP contribution in [0.3, 0.4) is 0 Å². The van der Waals surface area contributed by atoms with Crippen LogP contribution >= 0.6 is 11.8 Å². The molecule has 0 spiro atoms. The molecule has 10 heteroatoms. The second kappa shape index (κ2) is 10.5. The van der Waals surface area contributed by atoms with Gasteiger partial charge in [0.1, 0.15) is 0 Å². The minimum absolute atomic E-state index is 0.0359. The van der Waals surface area contributed by atoms with E-state index in [0.717, 1.165) is 17.8 Å². The highest BCUT2D eigenvalue weighted by atomic mass is 32.2. The fraction of sp³-hybridized carbons (Fsp3) is 0.550. The first kappa shape index (κ1) is 22.2. The van der Waals surface area contributed by atoms with E-state index in [4.69, 9.17) is 0 Å². The predicted molar refractivity (Wildman–Crippen MR) is 116 cm³/mol. The maximum atomic E-state index is 12.6. The summed E-state index contributed by atoms with van der Waals surface area (Å²) in [5, 5.41) is 15.3. The van der Waals surface area contributed by atoms with Crippen molar-refractivity contribution in [2.75, 3.05) is 43.8 Å². The highest BCUT2D eigenvalue weighted by molar-refractivity contribution is 7.99. The minimum atomic E-state index is -0.0359. The van der Waals surface area contributed by atoms with E-state index in [9.17, 15) is 9.59 Å². The lowest BCUT2D eigenvalue weighted by molar-refractivity contribution is -0.130. The molecule has 9 nitrogen and oxygen atoms in total. The van der Waals surface area contributed by atoms with Crippen LogP contribution in [0.5, 0.6) is 0 Å². The Morgan fingerprint density at radius 3 is 2.50 bits per heavy atom. The average molecular weight is 432 g/mol. The third kappa shape index (κ3) is 6.53. The lowest BCUT2D eigenvalue weighted by Gasteiger charge is -2.34. The van der Waals surface area contributed by atoms with Crippen LogP contribution in [0.1, 0.15) is 19.4 Å².